The van der Waals surface area contributed by atoms with Crippen LogP contribution < -0.4 is 43.4 Å². The van der Waals surface area contributed by atoms with Gasteiger partial charge in [-0.15, -0.1) is 0 Å². The lowest BCUT2D eigenvalue weighted by molar-refractivity contribution is -0.142. The van der Waals surface area contributed by atoms with Crippen LogP contribution >= 0.6 is 0 Å². The first-order valence-corrected chi connectivity index (χ1v) is 28.1. The van der Waals surface area contributed by atoms with Gasteiger partial charge in [0.1, 0.15) is 42.0 Å². The molecule has 5 aromatic carbocycles. The number of benzene rings is 5. The second-order valence-electron chi connectivity index (χ2n) is 21.1. The summed E-state index contributed by atoms with van der Waals surface area (Å²) in [6, 6.07) is 29.6. The van der Waals surface area contributed by atoms with Crippen molar-refractivity contribution >= 4 is 69.0 Å². The summed E-state index contributed by atoms with van der Waals surface area (Å²) in [5, 5.41) is 30.2. The Labute approximate surface area is 478 Å². The highest BCUT2D eigenvalue weighted by molar-refractivity contribution is 5.98. The molecule has 1 unspecified atom stereocenters. The molecular formula is C62H77N11O9. The summed E-state index contributed by atoms with van der Waals surface area (Å²) in [7, 11) is 0. The van der Waals surface area contributed by atoms with Gasteiger partial charge in [-0.2, -0.15) is 0 Å². The lowest BCUT2D eigenvalue weighted by Gasteiger charge is -2.30. The minimum absolute atomic E-state index is 0.0210. The molecule has 6 atom stereocenters. The van der Waals surface area contributed by atoms with E-state index in [1.807, 2.05) is 111 Å². The molecule has 82 heavy (non-hydrogen) atoms. The normalized spacial score (nSPS) is 14.9. The predicted octanol–water partition coefficient (Wildman–Crippen LogP) is 4.31. The maximum Gasteiger partial charge on any atom is 0.245 e. The zero-order valence-electron chi connectivity index (χ0n) is 46.8. The van der Waals surface area contributed by atoms with Gasteiger partial charge in [0, 0.05) is 56.0 Å². The Morgan fingerprint density at radius 3 is 2.05 bits per heavy atom. The first-order chi connectivity index (χ1) is 39.6. The number of likely N-dealkylation sites (N-methyl/N-ethyl adjacent to an activating group) is 1. The molecule has 0 spiro atoms. The zero-order chi connectivity index (χ0) is 58.5. The topological polar surface area (TPSA) is 305 Å². The van der Waals surface area contributed by atoms with Crippen LogP contribution in [-0.2, 0) is 64.2 Å². The number of guanidine groups is 1. The molecule has 1 aliphatic heterocycles. The molecule has 0 saturated carbocycles. The van der Waals surface area contributed by atoms with Crippen LogP contribution in [0.3, 0.4) is 0 Å². The van der Waals surface area contributed by atoms with Crippen molar-refractivity contribution < 1.29 is 43.4 Å². The third-order valence-electron chi connectivity index (χ3n) is 14.4. The lowest BCUT2D eigenvalue weighted by Crippen LogP contribution is -2.60. The number of aliphatic imine (C=N–C) groups is 1. The summed E-state index contributed by atoms with van der Waals surface area (Å²) in [6.45, 7) is 6.26. The second kappa shape index (κ2) is 30.2. The van der Waals surface area contributed by atoms with Crippen LogP contribution in [0.4, 0.5) is 0 Å². The number of fused-ring (bicyclic) bond motifs is 2. The number of carbonyl (C=O) groups is 7. The summed E-state index contributed by atoms with van der Waals surface area (Å²) in [4.78, 5) is 109. The molecule has 1 fully saturated rings. The SMILES string of the molecule is CCNC(=O)C1CCCN1C(=O)[C@H](CCCN=C(N)N)NC(=O)[C@H](CC(C)C)NC(=O)[C@@H](Cc1c[nH]c2ccccc12)NC(=O)[C@H](Cc1ccc(O)cc1)NC(=O)[C@H](COCc1ccccc1)NC(=O)CCc1cccc2ccccc12. The number of aromatic nitrogens is 1. The number of nitrogens with two attached hydrogens (primary N) is 2. The van der Waals surface area contributed by atoms with Crippen LogP contribution in [0.1, 0.15) is 81.5 Å². The third kappa shape index (κ3) is 17.6. The number of para-hydroxylation sites is 1. The molecule has 20 heteroatoms. The van der Waals surface area contributed by atoms with E-state index in [1.54, 1.807) is 25.3 Å². The summed E-state index contributed by atoms with van der Waals surface area (Å²) >= 11 is 0. The van der Waals surface area contributed by atoms with Gasteiger partial charge in [-0.3, -0.25) is 38.6 Å². The molecule has 1 aromatic heterocycles. The number of nitrogens with zero attached hydrogens (tertiary/aromatic N) is 2. The Morgan fingerprint density at radius 2 is 1.33 bits per heavy atom. The summed E-state index contributed by atoms with van der Waals surface area (Å²) < 4.78 is 6.05. The van der Waals surface area contributed by atoms with Crippen molar-refractivity contribution in [1.82, 2.24) is 41.8 Å². The molecule has 0 aliphatic carbocycles. The molecule has 0 radical (unpaired) electrons. The fourth-order valence-electron chi connectivity index (χ4n) is 10.2. The van der Waals surface area contributed by atoms with Gasteiger partial charge in [0.05, 0.1) is 13.2 Å². The number of aryl methyl sites for hydroxylation is 1. The van der Waals surface area contributed by atoms with Gasteiger partial charge >= 0.3 is 0 Å². The van der Waals surface area contributed by atoms with Crippen molar-refractivity contribution in [3.8, 4) is 5.75 Å². The Bertz CT molecular complexity index is 3160. The Kier molecular flexibility index (Phi) is 22.4. The van der Waals surface area contributed by atoms with Gasteiger partial charge in [-0.25, -0.2) is 0 Å². The number of aromatic hydroxyl groups is 1. The second-order valence-corrected chi connectivity index (χ2v) is 21.1. The minimum Gasteiger partial charge on any atom is -0.508 e. The van der Waals surface area contributed by atoms with E-state index in [0.717, 1.165) is 32.8 Å². The van der Waals surface area contributed by atoms with Crippen LogP contribution in [0.25, 0.3) is 21.7 Å². The smallest absolute Gasteiger partial charge is 0.245 e. The highest BCUT2D eigenvalue weighted by Crippen LogP contribution is 2.23. The number of phenols is 1. The van der Waals surface area contributed by atoms with Crippen LogP contribution in [0.15, 0.2) is 133 Å². The molecule has 434 valence electrons. The number of carbonyl (C=O) groups excluding carboxylic acids is 7. The highest BCUT2D eigenvalue weighted by Gasteiger charge is 2.39. The predicted molar refractivity (Wildman–Crippen MR) is 315 cm³/mol. The number of likely N-dealkylation sites (tertiary alicyclic amines) is 1. The van der Waals surface area contributed by atoms with Gasteiger partial charge in [0.25, 0.3) is 0 Å². The molecule has 0 bridgehead atoms. The van der Waals surface area contributed by atoms with E-state index in [2.05, 4.69) is 41.9 Å². The number of rotatable bonds is 29. The van der Waals surface area contributed by atoms with Crippen LogP contribution in [0.2, 0.25) is 0 Å². The van der Waals surface area contributed by atoms with E-state index in [4.69, 9.17) is 16.2 Å². The standard InChI is InChI=1S/C62H77N11O9/c1-4-65-60(80)54-24-14-32-73(54)61(81)49(23-13-31-66-62(63)64)69-56(76)50(33-39(2)3)70-58(78)52(35-44-36-67-48-22-11-10-21-47(44)48)72-57(77)51(34-40-25-28-45(74)29-26-40)71-59(79)53(38-82-37-41-15-6-5-7-16-41)68-55(75)30-27-43-19-12-18-42-17-8-9-20-46(42)43/h5-12,15-22,25-26,28-29,36,39,49-54,67,74H,4,13-14,23-24,27,30-35,37-38H2,1-3H3,(H,65,80)(H,68,75)(H,69,76)(H,70,78)(H,71,79)(H,72,77)(H4,63,64,66)/t49-,50-,51-,52+,53-,54?/m0/s1. The van der Waals surface area contributed by atoms with Crippen molar-refractivity contribution in [2.45, 2.75) is 121 Å². The highest BCUT2D eigenvalue weighted by atomic mass is 16.5. The number of aromatic amines is 1. The molecule has 12 N–H and O–H groups in total. The van der Waals surface area contributed by atoms with Crippen LogP contribution in [0, 0.1) is 5.92 Å². The average Bonchev–Trinajstić information content (AvgIpc) is 4.17. The number of phenolic OH excluding ortho intramolecular Hbond substituents is 1. The van der Waals surface area contributed by atoms with E-state index < -0.39 is 71.7 Å². The quantitative estimate of drug-likeness (QED) is 0.0179. The fraction of sp³-hybridized carbons (Fsp3) is 0.387. The summed E-state index contributed by atoms with van der Waals surface area (Å²) in [6.07, 6.45) is 3.57. The number of ether oxygens (including phenoxy) is 1. The van der Waals surface area contributed by atoms with E-state index in [-0.39, 0.29) is 75.4 Å². The van der Waals surface area contributed by atoms with Gasteiger partial charge in [0.15, 0.2) is 5.96 Å². The molecule has 1 saturated heterocycles. The molecule has 2 heterocycles. The summed E-state index contributed by atoms with van der Waals surface area (Å²) in [5.41, 5.74) is 15.0. The van der Waals surface area contributed by atoms with Crippen molar-refractivity contribution in [2.24, 2.45) is 22.4 Å². The van der Waals surface area contributed by atoms with Crippen molar-refractivity contribution in [3.63, 3.8) is 0 Å². The Balaban J connectivity index is 1.15. The molecule has 1 aliphatic rings. The molecule has 7 amide bonds. The van der Waals surface area contributed by atoms with Gasteiger partial charge in [-0.1, -0.05) is 117 Å². The zero-order valence-corrected chi connectivity index (χ0v) is 46.8. The van der Waals surface area contributed by atoms with E-state index in [9.17, 15) is 29.1 Å². The van der Waals surface area contributed by atoms with Crippen molar-refractivity contribution in [1.29, 1.82) is 0 Å². The molecule has 20 nitrogen and oxygen atoms in total. The lowest BCUT2D eigenvalue weighted by atomic mass is 9.99. The van der Waals surface area contributed by atoms with Crippen molar-refractivity contribution in [3.05, 3.63) is 150 Å². The number of hydrogen-bond acceptors (Lipinski definition) is 10. The Morgan fingerprint density at radius 1 is 0.695 bits per heavy atom. The maximum atomic E-state index is 15.0. The molecular weight excluding hydrogens is 1040 g/mol. The van der Waals surface area contributed by atoms with Gasteiger partial charge in [0.2, 0.25) is 41.4 Å². The van der Waals surface area contributed by atoms with Crippen LogP contribution in [-0.4, -0.2) is 125 Å². The number of amides is 7. The number of nitrogens with one attached hydrogen (secondary N) is 7. The number of hydrogen-bond donors (Lipinski definition) is 10. The third-order valence-corrected chi connectivity index (χ3v) is 14.4. The Hall–Kier alpha value is -8.78. The maximum absolute atomic E-state index is 15.0. The molecule has 7 rings (SSSR count). The first kappa shape index (κ1) is 60.9. The van der Waals surface area contributed by atoms with Crippen molar-refractivity contribution in [2.75, 3.05) is 26.2 Å². The number of H-pyrrole nitrogens is 1. The average molecular weight is 1120 g/mol. The monoisotopic (exact) mass is 1120 g/mol. The van der Waals surface area contributed by atoms with Gasteiger partial charge < -0.3 is 63.1 Å². The fourth-order valence-corrected chi connectivity index (χ4v) is 10.2. The largest absolute Gasteiger partial charge is 0.508 e. The van der Waals surface area contributed by atoms with Gasteiger partial charge in [-0.05, 0) is 103 Å². The van der Waals surface area contributed by atoms with Crippen LogP contribution in [0.5, 0.6) is 5.75 Å². The van der Waals surface area contributed by atoms with E-state index >= 15 is 9.59 Å². The summed E-state index contributed by atoms with van der Waals surface area (Å²) in [5.74, 6) is -4.37. The van der Waals surface area contributed by atoms with E-state index in [1.165, 1.54) is 17.0 Å². The van der Waals surface area contributed by atoms with E-state index in [0.29, 0.717) is 49.9 Å². The first-order valence-electron chi connectivity index (χ1n) is 28.1. The minimum atomic E-state index is -1.37. The molecule has 6 aromatic rings.